The minimum absolute atomic E-state index is 0.217. The van der Waals surface area contributed by atoms with Gasteiger partial charge in [0.05, 0.1) is 13.2 Å². The van der Waals surface area contributed by atoms with Crippen LogP contribution in [0.1, 0.15) is 6.92 Å². The van der Waals surface area contributed by atoms with Crippen LogP contribution in [0.2, 0.25) is 0 Å². The first-order chi connectivity index (χ1) is 7.58. The minimum atomic E-state index is -0.638. The predicted octanol–water partition coefficient (Wildman–Crippen LogP) is -1.08. The van der Waals surface area contributed by atoms with Crippen LogP contribution in [0.4, 0.5) is 0 Å². The molecular weight excluding hydrogens is 214 g/mol. The van der Waals surface area contributed by atoms with Gasteiger partial charge in [-0.05, 0) is 6.92 Å². The summed E-state index contributed by atoms with van der Waals surface area (Å²) < 4.78 is 15.7. The maximum absolute atomic E-state index is 11.3. The van der Waals surface area contributed by atoms with E-state index in [2.05, 4.69) is 0 Å². The molecule has 0 aromatic carbocycles. The highest BCUT2D eigenvalue weighted by Gasteiger charge is 2.48. The van der Waals surface area contributed by atoms with Gasteiger partial charge >= 0.3 is 5.97 Å². The van der Waals surface area contributed by atoms with Gasteiger partial charge in [0, 0.05) is 11.8 Å². The maximum Gasteiger partial charge on any atom is 0.332 e. The lowest BCUT2D eigenvalue weighted by molar-refractivity contribution is -0.147. The van der Waals surface area contributed by atoms with Crippen LogP contribution in [-0.4, -0.2) is 48.7 Å². The molecule has 0 aliphatic carbocycles. The van der Waals surface area contributed by atoms with E-state index in [0.29, 0.717) is 5.70 Å². The molecule has 4 atom stereocenters. The number of nitrogens with two attached hydrogens (primary N) is 1. The molecule has 2 aliphatic heterocycles. The van der Waals surface area contributed by atoms with Crippen molar-refractivity contribution in [2.45, 2.75) is 31.3 Å². The largest absolute Gasteiger partial charge is 0.454 e. The number of carbonyl (C=O) groups is 1. The molecule has 0 radical (unpaired) electrons. The number of esters is 1. The Balaban J connectivity index is 1.93. The Kier molecular flexibility index (Phi) is 3.13. The Morgan fingerprint density at radius 1 is 1.44 bits per heavy atom. The van der Waals surface area contributed by atoms with Crippen molar-refractivity contribution in [3.63, 3.8) is 0 Å². The van der Waals surface area contributed by atoms with Crippen LogP contribution >= 0.6 is 0 Å². The molecule has 2 aliphatic rings. The summed E-state index contributed by atoms with van der Waals surface area (Å²) >= 11 is 0. The number of rotatable bonds is 2. The van der Waals surface area contributed by atoms with E-state index in [9.17, 15) is 9.90 Å². The summed E-state index contributed by atoms with van der Waals surface area (Å²) in [6.07, 6.45) is -0.657. The number of aliphatic hydroxyl groups excluding tert-OH is 1. The average Bonchev–Trinajstić information content (AvgIpc) is 2.70. The van der Waals surface area contributed by atoms with Gasteiger partial charge in [-0.25, -0.2) is 4.79 Å². The SMILES string of the molecule is C/C(N)=C/C(=O)O[C@H]1CO[C@H]2[C@@H]1OC[C@H]2O. The number of aliphatic hydroxyl groups is 1. The maximum atomic E-state index is 11.3. The van der Waals surface area contributed by atoms with E-state index in [4.69, 9.17) is 19.9 Å². The lowest BCUT2D eigenvalue weighted by atomic mass is 10.1. The van der Waals surface area contributed by atoms with Gasteiger partial charge in [-0.1, -0.05) is 0 Å². The van der Waals surface area contributed by atoms with Crippen molar-refractivity contribution in [2.24, 2.45) is 5.73 Å². The van der Waals surface area contributed by atoms with Crippen LogP contribution < -0.4 is 5.73 Å². The molecule has 0 spiro atoms. The van der Waals surface area contributed by atoms with E-state index in [1.807, 2.05) is 0 Å². The molecule has 0 aromatic heterocycles. The first kappa shape index (κ1) is 11.4. The molecule has 6 heteroatoms. The topological polar surface area (TPSA) is 91.0 Å². The second-order valence-electron chi connectivity index (χ2n) is 4.03. The molecule has 3 N–H and O–H groups in total. The molecule has 2 fully saturated rings. The number of fused-ring (bicyclic) bond motifs is 1. The third-order valence-corrected chi connectivity index (χ3v) is 2.59. The molecule has 2 saturated heterocycles. The van der Waals surface area contributed by atoms with Crippen molar-refractivity contribution in [2.75, 3.05) is 13.2 Å². The smallest absolute Gasteiger partial charge is 0.332 e. The summed E-state index contributed by atoms with van der Waals surface area (Å²) in [7, 11) is 0. The second kappa shape index (κ2) is 4.40. The van der Waals surface area contributed by atoms with Crippen LogP contribution in [0.25, 0.3) is 0 Å². The number of carbonyl (C=O) groups excluding carboxylic acids is 1. The monoisotopic (exact) mass is 229 g/mol. The van der Waals surface area contributed by atoms with Gasteiger partial charge < -0.3 is 25.1 Å². The van der Waals surface area contributed by atoms with Crippen LogP contribution in [0.15, 0.2) is 11.8 Å². The molecule has 90 valence electrons. The Morgan fingerprint density at radius 3 is 2.81 bits per heavy atom. The molecule has 0 saturated carbocycles. The van der Waals surface area contributed by atoms with Crippen LogP contribution in [0, 0.1) is 0 Å². The number of ether oxygens (including phenoxy) is 3. The summed E-state index contributed by atoms with van der Waals surface area (Å²) in [6.45, 7) is 2.07. The fourth-order valence-electron chi connectivity index (χ4n) is 1.91. The van der Waals surface area contributed by atoms with Crippen LogP contribution in [0.3, 0.4) is 0 Å². The van der Waals surface area contributed by atoms with E-state index in [0.717, 1.165) is 0 Å². The second-order valence-corrected chi connectivity index (χ2v) is 4.03. The van der Waals surface area contributed by atoms with Crippen LogP contribution in [-0.2, 0) is 19.0 Å². The molecule has 6 nitrogen and oxygen atoms in total. The number of allylic oxidation sites excluding steroid dienone is 1. The van der Waals surface area contributed by atoms with Gasteiger partial charge in [0.15, 0.2) is 6.10 Å². The normalized spacial score (nSPS) is 38.5. The lowest BCUT2D eigenvalue weighted by Crippen LogP contribution is -2.34. The third kappa shape index (κ3) is 2.18. The summed E-state index contributed by atoms with van der Waals surface area (Å²) in [5, 5.41) is 9.47. The van der Waals surface area contributed by atoms with Gasteiger partial charge in [0.1, 0.15) is 18.3 Å². The standard InChI is InChI=1S/C10H15NO5/c1-5(11)2-8(13)16-7-4-15-9-6(12)3-14-10(7)9/h2,6-7,9-10,12H,3-4,11H2,1H3/b5-2-/t6-,7+,9-,10-/m1/s1. The van der Waals surface area contributed by atoms with Crippen molar-refractivity contribution in [3.05, 3.63) is 11.8 Å². The third-order valence-electron chi connectivity index (χ3n) is 2.59. The van der Waals surface area contributed by atoms with Crippen molar-refractivity contribution in [3.8, 4) is 0 Å². The Labute approximate surface area is 93.0 Å². The summed E-state index contributed by atoms with van der Waals surface area (Å²) in [5.74, 6) is -0.515. The highest BCUT2D eigenvalue weighted by atomic mass is 16.6. The van der Waals surface area contributed by atoms with E-state index in [1.54, 1.807) is 6.92 Å². The van der Waals surface area contributed by atoms with Crippen molar-refractivity contribution >= 4 is 5.97 Å². The van der Waals surface area contributed by atoms with Crippen molar-refractivity contribution in [1.29, 1.82) is 0 Å². The fourth-order valence-corrected chi connectivity index (χ4v) is 1.91. The minimum Gasteiger partial charge on any atom is -0.454 e. The van der Waals surface area contributed by atoms with Gasteiger partial charge in [-0.3, -0.25) is 0 Å². The van der Waals surface area contributed by atoms with Gasteiger partial charge in [-0.15, -0.1) is 0 Å². The zero-order valence-corrected chi connectivity index (χ0v) is 8.96. The Bertz CT molecular complexity index is 312. The molecule has 0 amide bonds. The summed E-state index contributed by atoms with van der Waals surface area (Å²) in [5.41, 5.74) is 5.74. The van der Waals surface area contributed by atoms with Crippen LogP contribution in [0.5, 0.6) is 0 Å². The Hall–Kier alpha value is -1.11. The number of hydrogen-bond donors (Lipinski definition) is 2. The zero-order valence-electron chi connectivity index (χ0n) is 8.96. The Morgan fingerprint density at radius 2 is 2.12 bits per heavy atom. The first-order valence-corrected chi connectivity index (χ1v) is 5.13. The molecule has 2 heterocycles. The molecule has 16 heavy (non-hydrogen) atoms. The highest BCUT2D eigenvalue weighted by molar-refractivity contribution is 5.82. The lowest BCUT2D eigenvalue weighted by Gasteiger charge is -2.15. The van der Waals surface area contributed by atoms with Crippen molar-refractivity contribution in [1.82, 2.24) is 0 Å². The molecule has 0 aromatic rings. The van der Waals surface area contributed by atoms with E-state index >= 15 is 0 Å². The predicted molar refractivity (Wildman–Crippen MR) is 53.3 cm³/mol. The van der Waals surface area contributed by atoms with Gasteiger partial charge in [0.2, 0.25) is 0 Å². The van der Waals surface area contributed by atoms with E-state index in [1.165, 1.54) is 6.08 Å². The molecule has 2 rings (SSSR count). The van der Waals surface area contributed by atoms with E-state index in [-0.39, 0.29) is 25.4 Å². The highest BCUT2D eigenvalue weighted by Crippen LogP contribution is 2.28. The molecule has 0 bridgehead atoms. The summed E-state index contributed by atoms with van der Waals surface area (Å²) in [4.78, 5) is 11.3. The molecule has 0 unspecified atom stereocenters. The van der Waals surface area contributed by atoms with Gasteiger partial charge in [-0.2, -0.15) is 0 Å². The average molecular weight is 229 g/mol. The zero-order chi connectivity index (χ0) is 11.7. The molecular formula is C10H15NO5. The fraction of sp³-hybridized carbons (Fsp3) is 0.700. The number of hydrogen-bond acceptors (Lipinski definition) is 6. The quantitative estimate of drug-likeness (QED) is 0.462. The summed E-state index contributed by atoms with van der Waals surface area (Å²) in [6, 6.07) is 0. The van der Waals surface area contributed by atoms with E-state index < -0.39 is 18.2 Å². The van der Waals surface area contributed by atoms with Crippen molar-refractivity contribution < 1.29 is 24.1 Å². The van der Waals surface area contributed by atoms with Gasteiger partial charge in [0.25, 0.3) is 0 Å². The first-order valence-electron chi connectivity index (χ1n) is 5.13.